The van der Waals surface area contributed by atoms with Gasteiger partial charge in [0, 0.05) is 23.6 Å². The minimum atomic E-state index is -3.33. The van der Waals surface area contributed by atoms with Crippen LogP contribution in [0, 0.1) is 6.92 Å². The minimum Gasteiger partial charge on any atom is -0.496 e. The molecule has 1 aliphatic carbocycles. The standard InChI is InChI=1S/C22H28BrNO3S/c1-16-14-20(23)19-11-7-10-18(21(19)22(16)27-3)12-13-24(2)28(25,26)15-17-8-5-4-6-9-17/h4-6,8-9,14,18H,7,10-13,15H2,1-3H3. The monoisotopic (exact) mass is 465 g/mol. The number of sulfonamides is 1. The summed E-state index contributed by atoms with van der Waals surface area (Å²) in [5.74, 6) is 1.31. The zero-order valence-electron chi connectivity index (χ0n) is 16.7. The molecule has 6 heteroatoms. The van der Waals surface area contributed by atoms with Gasteiger partial charge in [0.1, 0.15) is 5.75 Å². The zero-order chi connectivity index (χ0) is 20.3. The number of methoxy groups -OCH3 is 1. The molecular formula is C22H28BrNO3S. The molecule has 0 heterocycles. The van der Waals surface area contributed by atoms with E-state index in [1.165, 1.54) is 15.4 Å². The summed E-state index contributed by atoms with van der Waals surface area (Å²) < 4.78 is 33.9. The van der Waals surface area contributed by atoms with Gasteiger partial charge in [-0.2, -0.15) is 0 Å². The van der Waals surface area contributed by atoms with Crippen molar-refractivity contribution in [2.75, 3.05) is 20.7 Å². The van der Waals surface area contributed by atoms with Crippen LogP contribution in [0.4, 0.5) is 0 Å². The first-order chi connectivity index (χ1) is 13.3. The van der Waals surface area contributed by atoms with Crippen LogP contribution in [0.15, 0.2) is 40.9 Å². The fourth-order valence-corrected chi connectivity index (χ4v) is 6.08. The van der Waals surface area contributed by atoms with Gasteiger partial charge in [-0.15, -0.1) is 0 Å². The van der Waals surface area contributed by atoms with Crippen molar-refractivity contribution in [3.8, 4) is 5.75 Å². The molecule has 4 nitrogen and oxygen atoms in total. The van der Waals surface area contributed by atoms with E-state index >= 15 is 0 Å². The van der Waals surface area contributed by atoms with Crippen molar-refractivity contribution in [2.24, 2.45) is 0 Å². The number of nitrogens with zero attached hydrogens (tertiary/aromatic N) is 1. The Morgan fingerprint density at radius 1 is 1.25 bits per heavy atom. The van der Waals surface area contributed by atoms with Crippen LogP contribution >= 0.6 is 15.9 Å². The Labute approximate surface area is 177 Å². The Bertz CT molecular complexity index is 908. The van der Waals surface area contributed by atoms with Gasteiger partial charge in [0.25, 0.3) is 0 Å². The van der Waals surface area contributed by atoms with Crippen LogP contribution in [0.5, 0.6) is 5.75 Å². The van der Waals surface area contributed by atoms with Crippen molar-refractivity contribution in [2.45, 2.75) is 44.3 Å². The number of fused-ring (bicyclic) bond motifs is 1. The van der Waals surface area contributed by atoms with Gasteiger partial charge in [-0.3, -0.25) is 0 Å². The van der Waals surface area contributed by atoms with E-state index in [1.54, 1.807) is 14.2 Å². The molecule has 1 aliphatic rings. The summed E-state index contributed by atoms with van der Waals surface area (Å²) in [5.41, 5.74) is 4.51. The maximum atomic E-state index is 12.7. The molecule has 0 saturated heterocycles. The summed E-state index contributed by atoms with van der Waals surface area (Å²) in [6.07, 6.45) is 4.00. The van der Waals surface area contributed by atoms with Gasteiger partial charge in [0.05, 0.1) is 12.9 Å². The van der Waals surface area contributed by atoms with Crippen LogP contribution in [-0.2, 0) is 22.2 Å². The molecule has 3 rings (SSSR count). The first-order valence-corrected chi connectivity index (χ1v) is 12.1. The van der Waals surface area contributed by atoms with Crippen LogP contribution in [-0.4, -0.2) is 33.4 Å². The summed E-state index contributed by atoms with van der Waals surface area (Å²) in [6, 6.07) is 11.5. The van der Waals surface area contributed by atoms with Crippen LogP contribution in [0.1, 0.15) is 47.4 Å². The lowest BCUT2D eigenvalue weighted by atomic mass is 9.79. The third kappa shape index (κ3) is 4.61. The van der Waals surface area contributed by atoms with Crippen LogP contribution in [0.25, 0.3) is 0 Å². The molecule has 1 atom stereocenters. The highest BCUT2D eigenvalue weighted by Crippen LogP contribution is 2.44. The topological polar surface area (TPSA) is 46.6 Å². The first kappa shape index (κ1) is 21.3. The van der Waals surface area contributed by atoms with E-state index < -0.39 is 10.0 Å². The zero-order valence-corrected chi connectivity index (χ0v) is 19.1. The van der Waals surface area contributed by atoms with E-state index in [0.717, 1.165) is 47.0 Å². The normalized spacial score (nSPS) is 16.8. The van der Waals surface area contributed by atoms with Gasteiger partial charge in [-0.05, 0) is 61.3 Å². The summed E-state index contributed by atoms with van der Waals surface area (Å²) in [5, 5.41) is 0. The van der Waals surface area contributed by atoms with Gasteiger partial charge in [0.15, 0.2) is 0 Å². The second-order valence-corrected chi connectivity index (χ2v) is 10.5. The van der Waals surface area contributed by atoms with Gasteiger partial charge >= 0.3 is 0 Å². The molecule has 0 radical (unpaired) electrons. The lowest BCUT2D eigenvalue weighted by Gasteiger charge is -2.30. The summed E-state index contributed by atoms with van der Waals surface area (Å²) in [7, 11) is 0.0761. The van der Waals surface area contributed by atoms with Crippen molar-refractivity contribution >= 4 is 26.0 Å². The maximum Gasteiger partial charge on any atom is 0.218 e. The minimum absolute atomic E-state index is 0.0412. The van der Waals surface area contributed by atoms with E-state index in [-0.39, 0.29) is 5.75 Å². The number of rotatable bonds is 7. The quantitative estimate of drug-likeness (QED) is 0.575. The second kappa shape index (κ2) is 8.97. The molecule has 0 amide bonds. The third-order valence-corrected chi connectivity index (χ3v) is 8.15. The van der Waals surface area contributed by atoms with Crippen molar-refractivity contribution in [1.82, 2.24) is 4.31 Å². The third-order valence-electron chi connectivity index (χ3n) is 5.61. The number of benzene rings is 2. The van der Waals surface area contributed by atoms with Gasteiger partial charge < -0.3 is 4.74 Å². The van der Waals surface area contributed by atoms with Crippen molar-refractivity contribution < 1.29 is 13.2 Å². The molecule has 0 aliphatic heterocycles. The molecule has 1 unspecified atom stereocenters. The predicted octanol–water partition coefficient (Wildman–Crippen LogP) is 5.04. The molecule has 2 aromatic carbocycles. The van der Waals surface area contributed by atoms with E-state index in [4.69, 9.17) is 4.74 Å². The number of aryl methyl sites for hydroxylation is 1. The Hall–Kier alpha value is -1.37. The molecule has 2 aromatic rings. The summed E-state index contributed by atoms with van der Waals surface area (Å²) in [4.78, 5) is 0. The molecule has 0 fully saturated rings. The van der Waals surface area contributed by atoms with Crippen molar-refractivity contribution in [3.05, 3.63) is 63.1 Å². The number of hydrogen-bond donors (Lipinski definition) is 0. The average molecular weight is 466 g/mol. The predicted molar refractivity (Wildman–Crippen MR) is 117 cm³/mol. The maximum absolute atomic E-state index is 12.7. The van der Waals surface area contributed by atoms with E-state index in [9.17, 15) is 8.42 Å². The highest BCUT2D eigenvalue weighted by Gasteiger charge is 2.28. The largest absolute Gasteiger partial charge is 0.496 e. The number of halogens is 1. The molecule has 0 spiro atoms. The Balaban J connectivity index is 1.76. The summed E-state index contributed by atoms with van der Waals surface area (Å²) >= 11 is 3.71. The highest BCUT2D eigenvalue weighted by molar-refractivity contribution is 9.10. The van der Waals surface area contributed by atoms with Gasteiger partial charge in [0.2, 0.25) is 10.0 Å². The lowest BCUT2D eigenvalue weighted by Crippen LogP contribution is -2.30. The SMILES string of the molecule is COc1c(C)cc(Br)c2c1C(CCN(C)S(=O)(=O)Cc1ccccc1)CCC2. The Morgan fingerprint density at radius 2 is 1.96 bits per heavy atom. The smallest absolute Gasteiger partial charge is 0.218 e. The Morgan fingerprint density at radius 3 is 2.64 bits per heavy atom. The molecule has 0 saturated carbocycles. The first-order valence-electron chi connectivity index (χ1n) is 9.67. The molecule has 0 aromatic heterocycles. The van der Waals surface area contributed by atoms with Gasteiger partial charge in [-0.1, -0.05) is 46.3 Å². The molecular weight excluding hydrogens is 438 g/mol. The number of ether oxygens (including phenoxy) is 1. The molecule has 28 heavy (non-hydrogen) atoms. The molecule has 152 valence electrons. The summed E-state index contributed by atoms with van der Waals surface area (Å²) in [6.45, 7) is 2.57. The lowest BCUT2D eigenvalue weighted by molar-refractivity contribution is 0.380. The number of hydrogen-bond acceptors (Lipinski definition) is 3. The van der Waals surface area contributed by atoms with Crippen LogP contribution in [0.3, 0.4) is 0 Å². The van der Waals surface area contributed by atoms with Gasteiger partial charge in [-0.25, -0.2) is 12.7 Å². The fourth-order valence-electron chi connectivity index (χ4n) is 4.11. The van der Waals surface area contributed by atoms with Crippen LogP contribution in [0.2, 0.25) is 0 Å². The average Bonchev–Trinajstić information content (AvgIpc) is 2.67. The van der Waals surface area contributed by atoms with Crippen LogP contribution < -0.4 is 4.74 Å². The van der Waals surface area contributed by atoms with Crippen molar-refractivity contribution in [1.29, 1.82) is 0 Å². The van der Waals surface area contributed by atoms with E-state index in [2.05, 4.69) is 28.9 Å². The molecule has 0 N–H and O–H groups in total. The molecule has 0 bridgehead atoms. The highest BCUT2D eigenvalue weighted by atomic mass is 79.9. The second-order valence-electron chi connectivity index (χ2n) is 7.54. The van der Waals surface area contributed by atoms with Crippen molar-refractivity contribution in [3.63, 3.8) is 0 Å². The van der Waals surface area contributed by atoms with E-state index in [0.29, 0.717) is 12.5 Å². The van der Waals surface area contributed by atoms with E-state index in [1.807, 2.05) is 30.3 Å². The fraction of sp³-hybridized carbons (Fsp3) is 0.455. The Kier molecular flexibility index (Phi) is 6.84.